The van der Waals surface area contributed by atoms with E-state index in [0.29, 0.717) is 0 Å². The minimum absolute atomic E-state index is 1.02. The molecule has 0 aliphatic carbocycles. The molecule has 1 aliphatic heterocycles. The lowest BCUT2D eigenvalue weighted by molar-refractivity contribution is -1.02. The number of benzene rings is 2. The first-order chi connectivity index (χ1) is 11.8. The van der Waals surface area contributed by atoms with Gasteiger partial charge in [0.05, 0.1) is 7.11 Å². The molecule has 0 spiro atoms. The average molecular weight is 326 g/mol. The number of ether oxygens (including phenoxy) is 1. The van der Waals surface area contributed by atoms with Crippen molar-refractivity contribution in [3.05, 3.63) is 65.2 Å². The SMILES string of the molecule is CCc1ccc(C[NH+]2CC[NH+](Cc3ccccc3OC)CC2)cc1. The van der Waals surface area contributed by atoms with E-state index in [1.165, 1.54) is 42.9 Å². The lowest BCUT2D eigenvalue weighted by atomic mass is 10.1. The van der Waals surface area contributed by atoms with Crippen LogP contribution >= 0.6 is 0 Å². The minimum atomic E-state index is 1.02. The van der Waals surface area contributed by atoms with Crippen LogP contribution in [0.3, 0.4) is 0 Å². The third kappa shape index (κ3) is 4.37. The van der Waals surface area contributed by atoms with E-state index in [9.17, 15) is 0 Å². The van der Waals surface area contributed by atoms with Crippen molar-refractivity contribution < 1.29 is 14.5 Å². The van der Waals surface area contributed by atoms with Gasteiger partial charge in [-0.1, -0.05) is 43.3 Å². The highest BCUT2D eigenvalue weighted by Crippen LogP contribution is 2.15. The molecule has 1 heterocycles. The zero-order valence-electron chi connectivity index (χ0n) is 15.0. The van der Waals surface area contributed by atoms with Gasteiger partial charge in [-0.3, -0.25) is 0 Å². The second-order valence-corrected chi connectivity index (χ2v) is 6.84. The van der Waals surface area contributed by atoms with Gasteiger partial charge in [0.25, 0.3) is 0 Å². The van der Waals surface area contributed by atoms with Crippen LogP contribution in [0.4, 0.5) is 0 Å². The fraction of sp³-hybridized carbons (Fsp3) is 0.429. The van der Waals surface area contributed by atoms with E-state index in [1.807, 2.05) is 6.07 Å². The summed E-state index contributed by atoms with van der Waals surface area (Å²) >= 11 is 0. The number of aryl methyl sites for hydroxylation is 1. The van der Waals surface area contributed by atoms with Gasteiger partial charge < -0.3 is 14.5 Å². The summed E-state index contributed by atoms with van der Waals surface area (Å²) in [6.07, 6.45) is 1.12. The van der Waals surface area contributed by atoms with E-state index in [4.69, 9.17) is 4.74 Å². The van der Waals surface area contributed by atoms with Crippen molar-refractivity contribution in [3.8, 4) is 5.75 Å². The molecule has 0 atom stereocenters. The highest BCUT2D eigenvalue weighted by Gasteiger charge is 2.23. The molecule has 0 amide bonds. The second-order valence-electron chi connectivity index (χ2n) is 6.84. The number of methoxy groups -OCH3 is 1. The van der Waals surface area contributed by atoms with Gasteiger partial charge in [0.1, 0.15) is 45.0 Å². The molecule has 0 aromatic heterocycles. The summed E-state index contributed by atoms with van der Waals surface area (Å²) in [5.41, 5.74) is 4.23. The van der Waals surface area contributed by atoms with Crippen LogP contribution < -0.4 is 14.5 Å². The Kier molecular flexibility index (Phi) is 5.89. The van der Waals surface area contributed by atoms with Crippen LogP contribution in [0.25, 0.3) is 0 Å². The molecule has 128 valence electrons. The van der Waals surface area contributed by atoms with Gasteiger partial charge in [-0.15, -0.1) is 0 Å². The van der Waals surface area contributed by atoms with Crippen LogP contribution in [0, 0.1) is 0 Å². The molecule has 0 radical (unpaired) electrons. The van der Waals surface area contributed by atoms with E-state index >= 15 is 0 Å². The van der Waals surface area contributed by atoms with Crippen molar-refractivity contribution in [2.45, 2.75) is 26.4 Å². The smallest absolute Gasteiger partial charge is 0.127 e. The fourth-order valence-corrected chi connectivity index (χ4v) is 3.61. The topological polar surface area (TPSA) is 18.1 Å². The Morgan fingerprint density at radius 1 is 0.792 bits per heavy atom. The lowest BCUT2D eigenvalue weighted by Crippen LogP contribution is -3.27. The molecule has 1 fully saturated rings. The zero-order valence-corrected chi connectivity index (χ0v) is 15.0. The standard InChI is InChI=1S/C21H28N2O/c1-3-18-8-10-19(11-9-18)16-22-12-14-23(15-13-22)17-20-6-4-5-7-21(20)24-2/h4-11H,3,12-17H2,1-2H3/p+2. The van der Waals surface area contributed by atoms with Crippen molar-refractivity contribution in [2.75, 3.05) is 33.3 Å². The maximum Gasteiger partial charge on any atom is 0.127 e. The van der Waals surface area contributed by atoms with Gasteiger partial charge in [0, 0.05) is 11.1 Å². The molecule has 24 heavy (non-hydrogen) atoms. The molecule has 3 nitrogen and oxygen atoms in total. The average Bonchev–Trinajstić information content (AvgIpc) is 2.64. The summed E-state index contributed by atoms with van der Waals surface area (Å²) in [6, 6.07) is 17.6. The van der Waals surface area contributed by atoms with Crippen molar-refractivity contribution >= 4 is 0 Å². The summed E-state index contributed by atoms with van der Waals surface area (Å²) in [7, 11) is 1.76. The van der Waals surface area contributed by atoms with Crippen LogP contribution in [-0.2, 0) is 19.5 Å². The highest BCUT2D eigenvalue weighted by molar-refractivity contribution is 5.32. The van der Waals surface area contributed by atoms with Crippen LogP contribution in [0.15, 0.2) is 48.5 Å². The van der Waals surface area contributed by atoms with Gasteiger partial charge in [-0.05, 0) is 24.1 Å². The molecule has 1 saturated heterocycles. The van der Waals surface area contributed by atoms with Gasteiger partial charge in [0.15, 0.2) is 0 Å². The van der Waals surface area contributed by atoms with Crippen LogP contribution in [0.5, 0.6) is 5.75 Å². The summed E-state index contributed by atoms with van der Waals surface area (Å²) < 4.78 is 5.49. The number of quaternary nitrogens is 2. The van der Waals surface area contributed by atoms with Crippen LogP contribution in [0.2, 0.25) is 0 Å². The molecular weight excluding hydrogens is 296 g/mol. The molecule has 0 unspecified atom stereocenters. The second kappa shape index (κ2) is 8.32. The van der Waals surface area contributed by atoms with Gasteiger partial charge >= 0.3 is 0 Å². The largest absolute Gasteiger partial charge is 0.496 e. The quantitative estimate of drug-likeness (QED) is 0.801. The molecule has 2 N–H and O–H groups in total. The number of rotatable bonds is 6. The van der Waals surface area contributed by atoms with E-state index < -0.39 is 0 Å². The van der Waals surface area contributed by atoms with Crippen molar-refractivity contribution in [3.63, 3.8) is 0 Å². The van der Waals surface area contributed by atoms with E-state index in [-0.39, 0.29) is 0 Å². The summed E-state index contributed by atoms with van der Waals surface area (Å²) in [5.74, 6) is 1.02. The predicted molar refractivity (Wildman–Crippen MR) is 97.6 cm³/mol. The Balaban J connectivity index is 1.50. The Morgan fingerprint density at radius 2 is 1.38 bits per heavy atom. The summed E-state index contributed by atoms with van der Waals surface area (Å²) in [4.78, 5) is 3.38. The molecule has 0 saturated carbocycles. The maximum atomic E-state index is 5.49. The number of para-hydroxylation sites is 1. The summed E-state index contributed by atoms with van der Waals surface area (Å²) in [5, 5.41) is 0. The van der Waals surface area contributed by atoms with Crippen molar-refractivity contribution in [1.82, 2.24) is 0 Å². The van der Waals surface area contributed by atoms with Crippen molar-refractivity contribution in [1.29, 1.82) is 0 Å². The van der Waals surface area contributed by atoms with Crippen LogP contribution in [-0.4, -0.2) is 33.3 Å². The Labute approximate surface area is 145 Å². The van der Waals surface area contributed by atoms with Gasteiger partial charge in [0.2, 0.25) is 0 Å². The minimum Gasteiger partial charge on any atom is -0.496 e. The number of hydrogen-bond acceptors (Lipinski definition) is 1. The van der Waals surface area contributed by atoms with Gasteiger partial charge in [-0.25, -0.2) is 0 Å². The third-order valence-corrected chi connectivity index (χ3v) is 5.18. The molecular formula is C21H30N2O+2. The molecule has 2 aromatic rings. The molecule has 3 rings (SSSR count). The third-order valence-electron chi connectivity index (χ3n) is 5.18. The monoisotopic (exact) mass is 326 g/mol. The van der Waals surface area contributed by atoms with Gasteiger partial charge in [-0.2, -0.15) is 0 Å². The van der Waals surface area contributed by atoms with E-state index in [2.05, 4.69) is 49.4 Å². The summed E-state index contributed by atoms with van der Waals surface area (Å²) in [6.45, 7) is 9.42. The molecule has 2 aromatic carbocycles. The molecule has 3 heteroatoms. The zero-order chi connectivity index (χ0) is 16.8. The lowest BCUT2D eigenvalue weighted by Gasteiger charge is -2.30. The number of piperazine rings is 1. The highest BCUT2D eigenvalue weighted by atomic mass is 16.5. The number of nitrogens with one attached hydrogen (secondary N) is 2. The number of hydrogen-bond donors (Lipinski definition) is 2. The first-order valence-corrected chi connectivity index (χ1v) is 9.15. The van der Waals surface area contributed by atoms with E-state index in [0.717, 1.165) is 25.3 Å². The van der Waals surface area contributed by atoms with Crippen molar-refractivity contribution in [2.24, 2.45) is 0 Å². The Hall–Kier alpha value is -1.84. The first-order valence-electron chi connectivity index (χ1n) is 9.15. The molecule has 0 bridgehead atoms. The Morgan fingerprint density at radius 3 is 2.00 bits per heavy atom. The van der Waals surface area contributed by atoms with Crippen LogP contribution in [0.1, 0.15) is 23.6 Å². The maximum absolute atomic E-state index is 5.49. The first kappa shape index (κ1) is 17.0. The fourth-order valence-electron chi connectivity index (χ4n) is 3.61. The Bertz CT molecular complexity index is 631. The van der Waals surface area contributed by atoms with E-state index in [1.54, 1.807) is 16.9 Å². The normalized spacial score (nSPS) is 20.8. The molecule has 1 aliphatic rings. The predicted octanol–water partition coefficient (Wildman–Crippen LogP) is 0.741.